The van der Waals surface area contributed by atoms with Gasteiger partial charge in [0.15, 0.2) is 0 Å². The predicted molar refractivity (Wildman–Crippen MR) is 56.8 cm³/mol. The quantitative estimate of drug-likeness (QED) is 0.689. The number of nitrogens with zero attached hydrogens (tertiary/aromatic N) is 2. The van der Waals surface area contributed by atoms with Gasteiger partial charge in [-0.2, -0.15) is 0 Å². The molecule has 1 fully saturated rings. The summed E-state index contributed by atoms with van der Waals surface area (Å²) in [5, 5.41) is 0. The molecule has 1 heterocycles. The monoisotopic (exact) mass is 185 g/mol. The standard InChI is InChI=1S/C10H23N3/c1-9(4-5-11)13-7-6-12(3)10(2)8-13/h9-10H,4-8,11H2,1-3H3. The molecular weight excluding hydrogens is 162 g/mol. The molecule has 2 N–H and O–H groups in total. The summed E-state index contributed by atoms with van der Waals surface area (Å²) in [7, 11) is 2.20. The van der Waals surface area contributed by atoms with Crippen LogP contribution in [0, 0.1) is 0 Å². The molecule has 2 atom stereocenters. The van der Waals surface area contributed by atoms with Crippen molar-refractivity contribution in [3.63, 3.8) is 0 Å². The van der Waals surface area contributed by atoms with E-state index in [0.717, 1.165) is 13.0 Å². The lowest BCUT2D eigenvalue weighted by Crippen LogP contribution is -2.53. The Kier molecular flexibility index (Phi) is 4.16. The summed E-state index contributed by atoms with van der Waals surface area (Å²) in [4.78, 5) is 4.98. The van der Waals surface area contributed by atoms with E-state index in [1.54, 1.807) is 0 Å². The molecule has 0 saturated carbocycles. The number of nitrogens with two attached hydrogens (primary N) is 1. The number of rotatable bonds is 3. The lowest BCUT2D eigenvalue weighted by Gasteiger charge is -2.40. The number of hydrogen-bond donors (Lipinski definition) is 1. The van der Waals surface area contributed by atoms with Gasteiger partial charge in [-0.3, -0.25) is 4.90 Å². The maximum absolute atomic E-state index is 5.56. The van der Waals surface area contributed by atoms with E-state index in [0.29, 0.717) is 12.1 Å². The average Bonchev–Trinajstić information content (AvgIpc) is 2.10. The molecular formula is C10H23N3. The Balaban J connectivity index is 2.36. The largest absolute Gasteiger partial charge is 0.330 e. The summed E-state index contributed by atoms with van der Waals surface area (Å²) in [5.74, 6) is 0. The fourth-order valence-corrected chi connectivity index (χ4v) is 1.90. The first kappa shape index (κ1) is 11.0. The van der Waals surface area contributed by atoms with Crippen LogP contribution in [0.2, 0.25) is 0 Å². The molecule has 1 aliphatic heterocycles. The van der Waals surface area contributed by atoms with Crippen LogP contribution in [-0.4, -0.2) is 55.1 Å². The first-order chi connectivity index (χ1) is 6.15. The van der Waals surface area contributed by atoms with E-state index < -0.39 is 0 Å². The first-order valence-electron chi connectivity index (χ1n) is 5.29. The van der Waals surface area contributed by atoms with Crippen LogP contribution in [0.15, 0.2) is 0 Å². The molecule has 0 aromatic carbocycles. The molecule has 3 nitrogen and oxygen atoms in total. The van der Waals surface area contributed by atoms with E-state index in [-0.39, 0.29) is 0 Å². The van der Waals surface area contributed by atoms with Crippen LogP contribution in [0.25, 0.3) is 0 Å². The van der Waals surface area contributed by atoms with Crippen LogP contribution in [0.3, 0.4) is 0 Å². The first-order valence-corrected chi connectivity index (χ1v) is 5.29. The van der Waals surface area contributed by atoms with Crippen LogP contribution < -0.4 is 5.73 Å². The molecule has 0 aliphatic carbocycles. The van der Waals surface area contributed by atoms with Crippen molar-refractivity contribution in [1.82, 2.24) is 9.80 Å². The van der Waals surface area contributed by atoms with Gasteiger partial charge in [0.05, 0.1) is 0 Å². The van der Waals surface area contributed by atoms with E-state index in [1.165, 1.54) is 19.6 Å². The zero-order valence-corrected chi connectivity index (χ0v) is 9.16. The van der Waals surface area contributed by atoms with E-state index in [1.807, 2.05) is 0 Å². The summed E-state index contributed by atoms with van der Waals surface area (Å²) in [6.07, 6.45) is 1.12. The lowest BCUT2D eigenvalue weighted by molar-refractivity contribution is 0.0755. The molecule has 1 aliphatic rings. The molecule has 3 heteroatoms. The van der Waals surface area contributed by atoms with Crippen molar-refractivity contribution in [1.29, 1.82) is 0 Å². The Hall–Kier alpha value is -0.120. The highest BCUT2D eigenvalue weighted by atomic mass is 15.3. The Morgan fingerprint density at radius 1 is 1.46 bits per heavy atom. The van der Waals surface area contributed by atoms with Crippen molar-refractivity contribution in [2.75, 3.05) is 33.2 Å². The highest BCUT2D eigenvalue weighted by molar-refractivity contribution is 4.80. The van der Waals surface area contributed by atoms with Crippen LogP contribution in [-0.2, 0) is 0 Å². The van der Waals surface area contributed by atoms with Gasteiger partial charge in [-0.25, -0.2) is 0 Å². The minimum absolute atomic E-state index is 0.654. The molecule has 0 aromatic rings. The average molecular weight is 185 g/mol. The molecule has 0 amide bonds. The molecule has 1 saturated heterocycles. The molecule has 0 bridgehead atoms. The van der Waals surface area contributed by atoms with Gasteiger partial charge < -0.3 is 10.6 Å². The summed E-state index contributed by atoms with van der Waals surface area (Å²) in [5.41, 5.74) is 5.56. The fourth-order valence-electron chi connectivity index (χ4n) is 1.90. The van der Waals surface area contributed by atoms with Crippen molar-refractivity contribution in [3.05, 3.63) is 0 Å². The summed E-state index contributed by atoms with van der Waals surface area (Å²) >= 11 is 0. The highest BCUT2D eigenvalue weighted by Gasteiger charge is 2.23. The van der Waals surface area contributed by atoms with E-state index >= 15 is 0 Å². The maximum Gasteiger partial charge on any atom is 0.0192 e. The van der Waals surface area contributed by atoms with Gasteiger partial charge >= 0.3 is 0 Å². The van der Waals surface area contributed by atoms with E-state index in [2.05, 4.69) is 30.7 Å². The molecule has 78 valence electrons. The Morgan fingerprint density at radius 3 is 2.69 bits per heavy atom. The van der Waals surface area contributed by atoms with Crippen LogP contribution in [0.4, 0.5) is 0 Å². The Labute approximate surface area is 81.9 Å². The van der Waals surface area contributed by atoms with E-state index in [4.69, 9.17) is 5.73 Å². The number of likely N-dealkylation sites (N-methyl/N-ethyl adjacent to an activating group) is 1. The fraction of sp³-hybridized carbons (Fsp3) is 1.00. The Bertz CT molecular complexity index is 149. The molecule has 0 spiro atoms. The van der Waals surface area contributed by atoms with Gasteiger partial charge in [0.2, 0.25) is 0 Å². The van der Waals surface area contributed by atoms with Crippen molar-refractivity contribution < 1.29 is 0 Å². The topological polar surface area (TPSA) is 32.5 Å². The maximum atomic E-state index is 5.56. The third-order valence-corrected chi connectivity index (χ3v) is 3.20. The number of piperazine rings is 1. The minimum Gasteiger partial charge on any atom is -0.330 e. The molecule has 0 aromatic heterocycles. The smallest absolute Gasteiger partial charge is 0.0192 e. The van der Waals surface area contributed by atoms with Gasteiger partial charge in [-0.15, -0.1) is 0 Å². The van der Waals surface area contributed by atoms with Crippen molar-refractivity contribution in [2.45, 2.75) is 32.4 Å². The second kappa shape index (κ2) is 4.94. The Morgan fingerprint density at radius 2 is 2.15 bits per heavy atom. The van der Waals surface area contributed by atoms with Gasteiger partial charge in [0.25, 0.3) is 0 Å². The van der Waals surface area contributed by atoms with Gasteiger partial charge in [0, 0.05) is 31.7 Å². The normalized spacial score (nSPS) is 29.1. The summed E-state index contributed by atoms with van der Waals surface area (Å²) in [6, 6.07) is 1.34. The molecule has 1 rings (SSSR count). The SMILES string of the molecule is CC1CN(C(C)CCN)CCN1C. The minimum atomic E-state index is 0.654. The zero-order chi connectivity index (χ0) is 9.84. The van der Waals surface area contributed by atoms with Crippen molar-refractivity contribution in [3.8, 4) is 0 Å². The van der Waals surface area contributed by atoms with Crippen molar-refractivity contribution in [2.24, 2.45) is 5.73 Å². The van der Waals surface area contributed by atoms with Crippen LogP contribution >= 0.6 is 0 Å². The van der Waals surface area contributed by atoms with E-state index in [9.17, 15) is 0 Å². The molecule has 2 unspecified atom stereocenters. The van der Waals surface area contributed by atoms with Crippen LogP contribution in [0.1, 0.15) is 20.3 Å². The third kappa shape index (κ3) is 2.93. The summed E-state index contributed by atoms with van der Waals surface area (Å²) in [6.45, 7) is 8.96. The second-order valence-corrected chi connectivity index (χ2v) is 4.25. The highest BCUT2D eigenvalue weighted by Crippen LogP contribution is 2.11. The van der Waals surface area contributed by atoms with Crippen LogP contribution in [0.5, 0.6) is 0 Å². The summed E-state index contributed by atoms with van der Waals surface area (Å²) < 4.78 is 0. The van der Waals surface area contributed by atoms with Crippen molar-refractivity contribution >= 4 is 0 Å². The molecule has 13 heavy (non-hydrogen) atoms. The van der Waals surface area contributed by atoms with Gasteiger partial charge in [0.1, 0.15) is 0 Å². The second-order valence-electron chi connectivity index (χ2n) is 4.25. The lowest BCUT2D eigenvalue weighted by atomic mass is 10.1. The zero-order valence-electron chi connectivity index (χ0n) is 9.16. The third-order valence-electron chi connectivity index (χ3n) is 3.20. The predicted octanol–water partition coefficient (Wildman–Crippen LogP) is 0.360. The van der Waals surface area contributed by atoms with Gasteiger partial charge in [-0.05, 0) is 33.9 Å². The number of hydrogen-bond acceptors (Lipinski definition) is 3. The molecule has 0 radical (unpaired) electrons. The van der Waals surface area contributed by atoms with Gasteiger partial charge in [-0.1, -0.05) is 0 Å².